The third-order valence-electron chi connectivity index (χ3n) is 6.02. The van der Waals surface area contributed by atoms with Crippen LogP contribution in [0.4, 0.5) is 5.69 Å². The second-order valence-corrected chi connectivity index (χ2v) is 10.6. The summed E-state index contributed by atoms with van der Waals surface area (Å²) in [5.74, 6) is -0.165. The second kappa shape index (κ2) is 9.28. The van der Waals surface area contributed by atoms with E-state index in [0.717, 1.165) is 31.2 Å². The van der Waals surface area contributed by atoms with Crippen molar-refractivity contribution in [1.82, 2.24) is 9.21 Å². The first kappa shape index (κ1) is 22.3. The van der Waals surface area contributed by atoms with Crippen molar-refractivity contribution in [2.75, 3.05) is 25.0 Å². The number of benzene rings is 2. The first-order valence-electron chi connectivity index (χ1n) is 10.8. The van der Waals surface area contributed by atoms with Crippen molar-refractivity contribution in [3.05, 3.63) is 59.1 Å². The molecule has 1 N–H and O–H groups in total. The molecule has 1 unspecified atom stereocenters. The maximum Gasteiger partial charge on any atom is 0.243 e. The topological polar surface area (TPSA) is 69.7 Å². The number of rotatable bonds is 8. The molecule has 2 aromatic carbocycles. The molecule has 1 heterocycles. The summed E-state index contributed by atoms with van der Waals surface area (Å²) < 4.78 is 27.1. The molecule has 2 aliphatic rings. The Morgan fingerprint density at radius 1 is 1.16 bits per heavy atom. The van der Waals surface area contributed by atoms with E-state index in [1.807, 2.05) is 24.3 Å². The van der Waals surface area contributed by atoms with Gasteiger partial charge in [-0.05, 0) is 62.4 Å². The molecule has 1 atom stereocenters. The smallest absolute Gasteiger partial charge is 0.243 e. The Balaban J connectivity index is 1.46. The summed E-state index contributed by atoms with van der Waals surface area (Å²) in [7, 11) is -3.52. The quantitative estimate of drug-likeness (QED) is 0.636. The zero-order valence-corrected chi connectivity index (χ0v) is 19.2. The van der Waals surface area contributed by atoms with Crippen LogP contribution in [0.1, 0.15) is 44.2 Å². The van der Waals surface area contributed by atoms with E-state index >= 15 is 0 Å². The van der Waals surface area contributed by atoms with Crippen LogP contribution >= 0.6 is 11.6 Å². The summed E-state index contributed by atoms with van der Waals surface area (Å²) in [6.45, 7) is 3.39. The Labute approximate surface area is 189 Å². The number of carbonyl (C=O) groups excluding carboxylic acids is 1. The fourth-order valence-corrected chi connectivity index (χ4v) is 6.02. The minimum atomic E-state index is -3.52. The number of nitrogens with one attached hydrogen (secondary N) is 1. The molecule has 8 heteroatoms. The van der Waals surface area contributed by atoms with Gasteiger partial charge in [0.15, 0.2) is 0 Å². The van der Waals surface area contributed by atoms with Crippen LogP contribution in [0.3, 0.4) is 0 Å². The average Bonchev–Trinajstić information content (AvgIpc) is 3.43. The van der Waals surface area contributed by atoms with E-state index in [2.05, 4.69) is 17.1 Å². The molecule has 4 rings (SSSR count). The van der Waals surface area contributed by atoms with Gasteiger partial charge in [-0.3, -0.25) is 9.69 Å². The molecule has 166 valence electrons. The highest BCUT2D eigenvalue weighted by atomic mass is 35.5. The Morgan fingerprint density at radius 2 is 1.87 bits per heavy atom. The molecular formula is C23H28ClN3O3S. The zero-order chi connectivity index (χ0) is 22.0. The van der Waals surface area contributed by atoms with Crippen molar-refractivity contribution in [2.45, 2.75) is 49.6 Å². The molecule has 31 heavy (non-hydrogen) atoms. The van der Waals surface area contributed by atoms with Crippen LogP contribution in [0.15, 0.2) is 53.4 Å². The van der Waals surface area contributed by atoms with E-state index in [1.54, 1.807) is 24.3 Å². The lowest BCUT2D eigenvalue weighted by Crippen LogP contribution is -2.37. The van der Waals surface area contributed by atoms with Crippen LogP contribution < -0.4 is 5.32 Å². The summed E-state index contributed by atoms with van der Waals surface area (Å²) in [5, 5.41) is 3.58. The van der Waals surface area contributed by atoms with Gasteiger partial charge in [-0.15, -0.1) is 0 Å². The van der Waals surface area contributed by atoms with Crippen molar-refractivity contribution < 1.29 is 13.2 Å². The summed E-state index contributed by atoms with van der Waals surface area (Å²) in [5.41, 5.74) is 1.49. The van der Waals surface area contributed by atoms with Gasteiger partial charge in [-0.2, -0.15) is 4.31 Å². The highest BCUT2D eigenvalue weighted by molar-refractivity contribution is 7.89. The van der Waals surface area contributed by atoms with Gasteiger partial charge in [0.05, 0.1) is 11.4 Å². The lowest BCUT2D eigenvalue weighted by molar-refractivity contribution is -0.118. The van der Waals surface area contributed by atoms with Crippen LogP contribution in [-0.2, 0) is 14.8 Å². The molecule has 0 aromatic heterocycles. The van der Waals surface area contributed by atoms with Crippen molar-refractivity contribution in [3.63, 3.8) is 0 Å². The number of hydrogen-bond acceptors (Lipinski definition) is 4. The van der Waals surface area contributed by atoms with Gasteiger partial charge >= 0.3 is 0 Å². The lowest BCUT2D eigenvalue weighted by Gasteiger charge is -2.29. The molecule has 1 saturated carbocycles. The lowest BCUT2D eigenvalue weighted by atomic mass is 10.1. The van der Waals surface area contributed by atoms with Crippen molar-refractivity contribution in [3.8, 4) is 0 Å². The van der Waals surface area contributed by atoms with Crippen LogP contribution in [-0.4, -0.2) is 49.2 Å². The molecule has 2 aromatic rings. The summed E-state index contributed by atoms with van der Waals surface area (Å²) in [6.07, 6.45) is 3.89. The first-order valence-corrected chi connectivity index (χ1v) is 12.6. The largest absolute Gasteiger partial charge is 0.325 e. The Kier molecular flexibility index (Phi) is 6.67. The van der Waals surface area contributed by atoms with Crippen molar-refractivity contribution in [1.29, 1.82) is 0 Å². The van der Waals surface area contributed by atoms with E-state index in [1.165, 1.54) is 4.31 Å². The minimum Gasteiger partial charge on any atom is -0.325 e. The predicted molar refractivity (Wildman–Crippen MR) is 123 cm³/mol. The summed E-state index contributed by atoms with van der Waals surface area (Å²) in [4.78, 5) is 15.2. The van der Waals surface area contributed by atoms with Gasteiger partial charge in [0.25, 0.3) is 0 Å². The van der Waals surface area contributed by atoms with E-state index < -0.39 is 10.0 Å². The van der Waals surface area contributed by atoms with Crippen molar-refractivity contribution in [2.24, 2.45) is 0 Å². The van der Waals surface area contributed by atoms with E-state index in [0.29, 0.717) is 29.8 Å². The first-order chi connectivity index (χ1) is 14.9. The van der Waals surface area contributed by atoms with Crippen LogP contribution in [0.25, 0.3) is 0 Å². The fourth-order valence-electron chi connectivity index (χ4n) is 4.16. The number of hydrogen-bond donors (Lipinski definition) is 1. The third-order valence-corrected chi connectivity index (χ3v) is 8.25. The zero-order valence-electron chi connectivity index (χ0n) is 17.6. The SMILES string of the molecule is CC(c1ccccc1Cl)N(CC(=O)Nc1cccc(S(=O)(=O)N2CCCC2)c1)C1CC1. The molecule has 1 aliphatic heterocycles. The van der Waals surface area contributed by atoms with Gasteiger partial charge in [0, 0.05) is 35.9 Å². The molecule has 2 fully saturated rings. The average molecular weight is 462 g/mol. The highest BCUT2D eigenvalue weighted by Gasteiger charge is 2.34. The molecule has 0 spiro atoms. The fraction of sp³-hybridized carbons (Fsp3) is 0.435. The molecule has 0 radical (unpaired) electrons. The highest BCUT2D eigenvalue weighted by Crippen LogP contribution is 2.36. The van der Waals surface area contributed by atoms with E-state index in [-0.39, 0.29) is 23.4 Å². The number of anilines is 1. The minimum absolute atomic E-state index is 0.00817. The molecule has 1 aliphatic carbocycles. The number of sulfonamides is 1. The second-order valence-electron chi connectivity index (χ2n) is 8.29. The molecule has 1 amide bonds. The molecule has 6 nitrogen and oxygen atoms in total. The van der Waals surface area contributed by atoms with Gasteiger partial charge in [0.2, 0.25) is 15.9 Å². The summed E-state index contributed by atoms with van der Waals surface area (Å²) >= 11 is 6.38. The normalized spacial score (nSPS) is 18.3. The summed E-state index contributed by atoms with van der Waals surface area (Å²) in [6, 6.07) is 14.6. The number of amides is 1. The van der Waals surface area contributed by atoms with E-state index in [4.69, 9.17) is 11.6 Å². The van der Waals surface area contributed by atoms with Gasteiger partial charge < -0.3 is 5.32 Å². The van der Waals surface area contributed by atoms with Crippen molar-refractivity contribution >= 4 is 33.2 Å². The maximum absolute atomic E-state index is 12.8. The Morgan fingerprint density at radius 3 is 2.55 bits per heavy atom. The molecular weight excluding hydrogens is 434 g/mol. The maximum atomic E-state index is 12.8. The van der Waals surface area contributed by atoms with Gasteiger partial charge in [-0.1, -0.05) is 35.9 Å². The standard InChI is InChI=1S/C23H28ClN3O3S/c1-17(21-9-2-3-10-22(21)24)27(19-11-12-19)16-23(28)25-18-7-6-8-20(15-18)31(29,30)26-13-4-5-14-26/h2-3,6-10,15,17,19H,4-5,11-14,16H2,1H3,(H,25,28). The number of nitrogens with zero attached hydrogens (tertiary/aromatic N) is 2. The predicted octanol–water partition coefficient (Wildman–Crippen LogP) is 4.29. The monoisotopic (exact) mass is 461 g/mol. The Bertz CT molecular complexity index is 1050. The molecule has 1 saturated heterocycles. The van der Waals surface area contributed by atoms with Crippen LogP contribution in [0, 0.1) is 0 Å². The Hall–Kier alpha value is -1.93. The number of carbonyl (C=O) groups is 1. The van der Waals surface area contributed by atoms with E-state index in [9.17, 15) is 13.2 Å². The molecule has 0 bridgehead atoms. The van der Waals surface area contributed by atoms with Gasteiger partial charge in [0.1, 0.15) is 0 Å². The van der Waals surface area contributed by atoms with Crippen LogP contribution in [0.2, 0.25) is 5.02 Å². The number of halogens is 1. The van der Waals surface area contributed by atoms with Gasteiger partial charge in [-0.25, -0.2) is 8.42 Å². The third kappa shape index (κ3) is 5.12. The van der Waals surface area contributed by atoms with Crippen LogP contribution in [0.5, 0.6) is 0 Å².